The van der Waals surface area contributed by atoms with E-state index >= 15 is 0 Å². The molecule has 0 aliphatic heterocycles. The fourth-order valence-electron chi connectivity index (χ4n) is 4.04. The van der Waals surface area contributed by atoms with Crippen molar-refractivity contribution in [2.45, 2.75) is 64.5 Å². The Morgan fingerprint density at radius 3 is 2.92 bits per heavy atom. The lowest BCUT2D eigenvalue weighted by Crippen LogP contribution is -2.39. The minimum Gasteiger partial charge on any atom is -0.467 e. The lowest BCUT2D eigenvalue weighted by Gasteiger charge is -2.28. The summed E-state index contributed by atoms with van der Waals surface area (Å²) in [4.78, 5) is 15.2. The summed E-state index contributed by atoms with van der Waals surface area (Å²) >= 11 is 0. The third-order valence-corrected chi connectivity index (χ3v) is 5.42. The van der Waals surface area contributed by atoms with Crippen LogP contribution in [0.4, 0.5) is 0 Å². The lowest BCUT2D eigenvalue weighted by molar-refractivity contribution is 0.0637. The fraction of sp³-hybridized carbons (Fsp3) is 0.579. The van der Waals surface area contributed by atoms with Gasteiger partial charge in [0.15, 0.2) is 5.69 Å². The van der Waals surface area contributed by atoms with Crippen LogP contribution < -0.4 is 0 Å². The van der Waals surface area contributed by atoms with Crippen LogP contribution in [0.15, 0.2) is 27.3 Å². The number of aromatic nitrogens is 1. The molecule has 2 aliphatic carbocycles. The molecule has 0 N–H and O–H groups in total. The van der Waals surface area contributed by atoms with Crippen LogP contribution in [-0.4, -0.2) is 22.0 Å². The van der Waals surface area contributed by atoms with Crippen LogP contribution in [0, 0.1) is 5.92 Å². The summed E-state index contributed by atoms with van der Waals surface area (Å²) in [5.74, 6) is 2.30. The zero-order chi connectivity index (χ0) is 16.5. The molecule has 4 rings (SSSR count). The minimum absolute atomic E-state index is 0.00241. The van der Waals surface area contributed by atoms with Gasteiger partial charge in [-0.15, -0.1) is 0 Å². The topological polar surface area (TPSA) is 59.5 Å². The van der Waals surface area contributed by atoms with Gasteiger partial charge in [0.05, 0.1) is 12.8 Å². The molecule has 1 atom stereocenters. The van der Waals surface area contributed by atoms with Crippen molar-refractivity contribution in [3.05, 3.63) is 41.2 Å². The van der Waals surface area contributed by atoms with Crippen LogP contribution in [0.5, 0.6) is 0 Å². The van der Waals surface area contributed by atoms with Gasteiger partial charge in [-0.2, -0.15) is 0 Å². The third-order valence-electron chi connectivity index (χ3n) is 5.42. The Kier molecular flexibility index (Phi) is 4.17. The van der Waals surface area contributed by atoms with Crippen LogP contribution in [0.2, 0.25) is 0 Å². The summed E-state index contributed by atoms with van der Waals surface area (Å²) in [7, 11) is 0. The van der Waals surface area contributed by atoms with E-state index in [1.54, 1.807) is 6.26 Å². The van der Waals surface area contributed by atoms with Crippen molar-refractivity contribution in [3.63, 3.8) is 0 Å². The first-order valence-electron chi connectivity index (χ1n) is 9.03. The van der Waals surface area contributed by atoms with Crippen LogP contribution in [0.25, 0.3) is 0 Å². The number of fused-ring (bicyclic) bond motifs is 1. The number of carbonyl (C=O) groups is 1. The number of hydrogen-bond donors (Lipinski definition) is 0. The highest BCUT2D eigenvalue weighted by atomic mass is 16.5. The van der Waals surface area contributed by atoms with E-state index in [-0.39, 0.29) is 11.9 Å². The van der Waals surface area contributed by atoms with Crippen molar-refractivity contribution in [3.8, 4) is 0 Å². The molecule has 1 fully saturated rings. The highest BCUT2D eigenvalue weighted by molar-refractivity contribution is 5.94. The van der Waals surface area contributed by atoms with Gasteiger partial charge in [0.2, 0.25) is 0 Å². The number of aryl methyl sites for hydroxylation is 1. The maximum atomic E-state index is 13.3. The molecule has 128 valence electrons. The van der Waals surface area contributed by atoms with E-state index in [4.69, 9.17) is 8.94 Å². The monoisotopic (exact) mass is 328 g/mol. The van der Waals surface area contributed by atoms with Gasteiger partial charge < -0.3 is 13.8 Å². The number of hydrogen-bond acceptors (Lipinski definition) is 4. The molecule has 1 amide bonds. The van der Waals surface area contributed by atoms with E-state index in [9.17, 15) is 4.79 Å². The molecule has 0 radical (unpaired) electrons. The standard InChI is InChI=1S/C19H24N2O3/c1-13-8-9-17-16(11-13)18(20-24-17)19(22)21(14-5-2-3-6-14)12-15-7-4-10-23-15/h4,7,10,13-14H,2-3,5-6,8-9,11-12H2,1H3. The molecular weight excluding hydrogens is 304 g/mol. The molecule has 2 aromatic heterocycles. The zero-order valence-corrected chi connectivity index (χ0v) is 14.2. The molecule has 2 aromatic rings. The van der Waals surface area contributed by atoms with Gasteiger partial charge in [-0.1, -0.05) is 24.9 Å². The summed E-state index contributed by atoms with van der Waals surface area (Å²) in [6.07, 6.45) is 9.02. The van der Waals surface area contributed by atoms with E-state index in [1.807, 2.05) is 17.0 Å². The van der Waals surface area contributed by atoms with Crippen molar-refractivity contribution in [1.29, 1.82) is 0 Å². The number of rotatable bonds is 4. The van der Waals surface area contributed by atoms with Crippen molar-refractivity contribution >= 4 is 5.91 Å². The largest absolute Gasteiger partial charge is 0.467 e. The predicted octanol–water partition coefficient (Wildman–Crippen LogP) is 3.98. The number of amides is 1. The normalized spacial score (nSPS) is 21.0. The van der Waals surface area contributed by atoms with Crippen LogP contribution in [-0.2, 0) is 19.4 Å². The smallest absolute Gasteiger partial charge is 0.276 e. The Balaban J connectivity index is 1.62. The summed E-state index contributed by atoms with van der Waals surface area (Å²) in [5.41, 5.74) is 1.55. The quantitative estimate of drug-likeness (QED) is 0.852. The van der Waals surface area contributed by atoms with Crippen molar-refractivity contribution < 1.29 is 13.7 Å². The highest BCUT2D eigenvalue weighted by Gasteiger charge is 2.34. The van der Waals surface area contributed by atoms with Gasteiger partial charge in [0.1, 0.15) is 11.5 Å². The maximum Gasteiger partial charge on any atom is 0.276 e. The average Bonchev–Trinajstić information content (AvgIpc) is 3.32. The Morgan fingerprint density at radius 1 is 1.33 bits per heavy atom. The molecule has 2 aliphatic rings. The van der Waals surface area contributed by atoms with Gasteiger partial charge in [-0.05, 0) is 43.7 Å². The van der Waals surface area contributed by atoms with Gasteiger partial charge in [0, 0.05) is 18.0 Å². The predicted molar refractivity (Wildman–Crippen MR) is 88.5 cm³/mol. The van der Waals surface area contributed by atoms with E-state index in [1.165, 1.54) is 12.8 Å². The Bertz CT molecular complexity index is 698. The molecule has 1 saturated carbocycles. The van der Waals surface area contributed by atoms with Gasteiger partial charge in [-0.25, -0.2) is 0 Å². The molecule has 2 heterocycles. The maximum absolute atomic E-state index is 13.3. The average molecular weight is 328 g/mol. The Hall–Kier alpha value is -2.04. The van der Waals surface area contributed by atoms with Crippen LogP contribution >= 0.6 is 0 Å². The van der Waals surface area contributed by atoms with E-state index in [0.29, 0.717) is 18.2 Å². The molecule has 5 nitrogen and oxygen atoms in total. The van der Waals surface area contributed by atoms with Gasteiger partial charge in [-0.3, -0.25) is 4.79 Å². The molecule has 0 bridgehead atoms. The molecular formula is C19H24N2O3. The first-order valence-corrected chi connectivity index (χ1v) is 9.03. The molecule has 24 heavy (non-hydrogen) atoms. The van der Waals surface area contributed by atoms with Crippen molar-refractivity contribution in [1.82, 2.24) is 10.1 Å². The van der Waals surface area contributed by atoms with E-state index in [2.05, 4.69) is 12.1 Å². The zero-order valence-electron chi connectivity index (χ0n) is 14.2. The molecule has 0 aromatic carbocycles. The number of furan rings is 1. The minimum atomic E-state index is -0.00241. The Labute approximate surface area is 142 Å². The van der Waals surface area contributed by atoms with Crippen molar-refractivity contribution in [2.75, 3.05) is 0 Å². The van der Waals surface area contributed by atoms with Gasteiger partial charge >= 0.3 is 0 Å². The van der Waals surface area contributed by atoms with Crippen molar-refractivity contribution in [2.24, 2.45) is 5.92 Å². The summed E-state index contributed by atoms with van der Waals surface area (Å²) in [5, 5.41) is 4.16. The number of carbonyl (C=O) groups excluding carboxylic acids is 1. The van der Waals surface area contributed by atoms with E-state index < -0.39 is 0 Å². The highest BCUT2D eigenvalue weighted by Crippen LogP contribution is 2.31. The second-order valence-corrected chi connectivity index (χ2v) is 7.23. The first-order chi connectivity index (χ1) is 11.7. The van der Waals surface area contributed by atoms with Gasteiger partial charge in [0.25, 0.3) is 5.91 Å². The SMILES string of the molecule is CC1CCc2onc(C(=O)N(Cc3ccco3)C3CCCC3)c2C1. The lowest BCUT2D eigenvalue weighted by atomic mass is 9.88. The Morgan fingerprint density at radius 2 is 2.17 bits per heavy atom. The fourth-order valence-corrected chi connectivity index (χ4v) is 4.04. The summed E-state index contributed by atoms with van der Waals surface area (Å²) < 4.78 is 11.0. The number of nitrogens with zero attached hydrogens (tertiary/aromatic N) is 2. The molecule has 0 spiro atoms. The molecule has 1 unspecified atom stereocenters. The third kappa shape index (κ3) is 2.87. The van der Waals surface area contributed by atoms with Crippen LogP contribution in [0.3, 0.4) is 0 Å². The second-order valence-electron chi connectivity index (χ2n) is 7.23. The second kappa shape index (κ2) is 6.46. The molecule has 5 heteroatoms. The first kappa shape index (κ1) is 15.5. The summed E-state index contributed by atoms with van der Waals surface area (Å²) in [6, 6.07) is 4.07. The molecule has 0 saturated heterocycles. The van der Waals surface area contributed by atoms with E-state index in [0.717, 1.165) is 49.2 Å². The van der Waals surface area contributed by atoms with Crippen LogP contribution in [0.1, 0.15) is 66.6 Å². The summed E-state index contributed by atoms with van der Waals surface area (Å²) in [6.45, 7) is 2.73.